The first-order chi connectivity index (χ1) is 13.0. The number of likely N-dealkylation sites (N-methyl/N-ethyl adjacent to an activating group) is 1. The molecule has 2 aliphatic rings. The van der Waals surface area contributed by atoms with Gasteiger partial charge in [-0.2, -0.15) is 0 Å². The zero-order valence-electron chi connectivity index (χ0n) is 17.3. The summed E-state index contributed by atoms with van der Waals surface area (Å²) < 4.78 is 0. The second-order valence-electron chi connectivity index (χ2n) is 8.22. The Kier molecular flexibility index (Phi) is 11.0. The third kappa shape index (κ3) is 8.13. The largest absolute Gasteiger partial charge is 0.352 e. The van der Waals surface area contributed by atoms with E-state index >= 15 is 0 Å². The lowest BCUT2D eigenvalue weighted by molar-refractivity contribution is -0.122. The lowest BCUT2D eigenvalue weighted by atomic mass is 9.89. The lowest BCUT2D eigenvalue weighted by Gasteiger charge is -2.28. The molecule has 164 valence electrons. The molecule has 2 bridgehead atoms. The highest BCUT2D eigenvalue weighted by Gasteiger charge is 2.34. The maximum absolute atomic E-state index is 12.3. The molecule has 2 aliphatic heterocycles. The first-order valence-electron chi connectivity index (χ1n) is 10.0. The Hall–Kier alpha value is -1.34. The van der Waals surface area contributed by atoms with E-state index in [1.54, 1.807) is 6.07 Å². The lowest BCUT2D eigenvalue weighted by Crippen LogP contribution is -2.39. The molecule has 1 aromatic rings. The fourth-order valence-electron chi connectivity index (χ4n) is 4.19. The molecule has 29 heavy (non-hydrogen) atoms. The van der Waals surface area contributed by atoms with Gasteiger partial charge in [0.25, 0.3) is 5.91 Å². The van der Waals surface area contributed by atoms with Gasteiger partial charge >= 0.3 is 0 Å². The summed E-state index contributed by atoms with van der Waals surface area (Å²) >= 11 is 0. The van der Waals surface area contributed by atoms with Crippen molar-refractivity contribution in [2.75, 3.05) is 27.2 Å². The first kappa shape index (κ1) is 25.7. The van der Waals surface area contributed by atoms with Crippen LogP contribution in [0, 0.1) is 5.92 Å². The minimum absolute atomic E-state index is 0. The SMILES string of the molecule is CN(C)CCNC(=O)c1cccc(CNC(=O)CC2CC3CCC(C2)N3)c1.Cl.Cl. The molecule has 6 nitrogen and oxygen atoms in total. The molecule has 2 saturated heterocycles. The number of amides is 2. The van der Waals surface area contributed by atoms with Crippen molar-refractivity contribution in [2.45, 2.75) is 50.7 Å². The molecule has 3 N–H and O–H groups in total. The number of fused-ring (bicyclic) bond motifs is 2. The van der Waals surface area contributed by atoms with Crippen molar-refractivity contribution in [1.29, 1.82) is 0 Å². The Morgan fingerprint density at radius 3 is 2.45 bits per heavy atom. The molecule has 2 unspecified atom stereocenters. The van der Waals surface area contributed by atoms with Gasteiger partial charge in [0.15, 0.2) is 0 Å². The van der Waals surface area contributed by atoms with E-state index < -0.39 is 0 Å². The van der Waals surface area contributed by atoms with Crippen LogP contribution in [0.3, 0.4) is 0 Å². The average molecular weight is 445 g/mol. The molecular formula is C21H34Cl2N4O2. The fourth-order valence-corrected chi connectivity index (χ4v) is 4.19. The van der Waals surface area contributed by atoms with E-state index in [4.69, 9.17) is 0 Å². The minimum Gasteiger partial charge on any atom is -0.352 e. The molecule has 2 heterocycles. The van der Waals surface area contributed by atoms with Gasteiger partial charge in [0, 0.05) is 43.7 Å². The number of hydrogen-bond acceptors (Lipinski definition) is 4. The number of rotatable bonds is 8. The van der Waals surface area contributed by atoms with Crippen molar-refractivity contribution in [2.24, 2.45) is 5.92 Å². The average Bonchev–Trinajstić information content (AvgIpc) is 2.98. The Balaban J connectivity index is 0.00000210. The summed E-state index contributed by atoms with van der Waals surface area (Å²) in [5, 5.41) is 9.56. The van der Waals surface area contributed by atoms with Crippen LogP contribution >= 0.6 is 24.8 Å². The van der Waals surface area contributed by atoms with E-state index in [9.17, 15) is 9.59 Å². The van der Waals surface area contributed by atoms with E-state index in [2.05, 4.69) is 16.0 Å². The molecule has 2 atom stereocenters. The molecule has 0 saturated carbocycles. The number of piperidine rings is 1. The summed E-state index contributed by atoms with van der Waals surface area (Å²) in [5.41, 5.74) is 1.59. The second-order valence-corrected chi connectivity index (χ2v) is 8.22. The predicted octanol–water partition coefficient (Wildman–Crippen LogP) is 2.36. The Bertz CT molecular complexity index is 660. The van der Waals surface area contributed by atoms with Crippen molar-refractivity contribution in [3.8, 4) is 0 Å². The molecule has 2 amide bonds. The summed E-state index contributed by atoms with van der Waals surface area (Å²) in [6.45, 7) is 1.89. The van der Waals surface area contributed by atoms with Crippen LogP contribution < -0.4 is 16.0 Å². The maximum atomic E-state index is 12.3. The van der Waals surface area contributed by atoms with Crippen LogP contribution in [0.1, 0.15) is 48.0 Å². The zero-order valence-corrected chi connectivity index (χ0v) is 18.9. The number of nitrogens with zero attached hydrogens (tertiary/aromatic N) is 1. The normalized spacial score (nSPS) is 22.4. The van der Waals surface area contributed by atoms with Gasteiger partial charge in [-0.05, 0) is 63.4 Å². The molecule has 3 rings (SSSR count). The van der Waals surface area contributed by atoms with E-state index in [1.165, 1.54) is 12.8 Å². The summed E-state index contributed by atoms with van der Waals surface area (Å²) in [7, 11) is 3.95. The van der Waals surface area contributed by atoms with E-state index in [0.717, 1.165) is 24.9 Å². The van der Waals surface area contributed by atoms with Crippen LogP contribution in [-0.2, 0) is 11.3 Å². The predicted molar refractivity (Wildman–Crippen MR) is 121 cm³/mol. The second kappa shape index (κ2) is 12.4. The van der Waals surface area contributed by atoms with Gasteiger partial charge in [-0.3, -0.25) is 9.59 Å². The summed E-state index contributed by atoms with van der Waals surface area (Å²) in [5.74, 6) is 0.537. The molecule has 0 spiro atoms. The standard InChI is InChI=1S/C21H32N4O2.2ClH/c1-25(2)9-8-22-21(27)17-5-3-4-15(10-17)14-23-20(26)13-16-11-18-6-7-19(12-16)24-18;;/h3-5,10,16,18-19,24H,6-9,11-14H2,1-2H3,(H,22,27)(H,23,26);2*1H. The third-order valence-corrected chi connectivity index (χ3v) is 5.57. The summed E-state index contributed by atoms with van der Waals surface area (Å²) in [6, 6.07) is 8.71. The molecule has 0 radical (unpaired) electrons. The molecule has 8 heteroatoms. The number of carbonyl (C=O) groups excluding carboxylic acids is 2. The zero-order chi connectivity index (χ0) is 19.2. The van der Waals surface area contributed by atoms with Crippen molar-refractivity contribution in [1.82, 2.24) is 20.9 Å². The van der Waals surface area contributed by atoms with Gasteiger partial charge < -0.3 is 20.9 Å². The fraction of sp³-hybridized carbons (Fsp3) is 0.619. The van der Waals surface area contributed by atoms with Crippen LogP contribution in [-0.4, -0.2) is 56.0 Å². The van der Waals surface area contributed by atoms with E-state index in [0.29, 0.717) is 43.1 Å². The van der Waals surface area contributed by atoms with Gasteiger partial charge in [0.05, 0.1) is 0 Å². The topological polar surface area (TPSA) is 73.5 Å². The Morgan fingerprint density at radius 2 is 1.79 bits per heavy atom. The van der Waals surface area contributed by atoms with E-state index in [1.807, 2.05) is 37.2 Å². The number of hydrogen-bond donors (Lipinski definition) is 3. The van der Waals surface area contributed by atoms with Gasteiger partial charge in [-0.15, -0.1) is 24.8 Å². The Morgan fingerprint density at radius 1 is 1.10 bits per heavy atom. The summed E-state index contributed by atoms with van der Waals surface area (Å²) in [6.07, 6.45) is 5.36. The molecule has 0 aromatic heterocycles. The van der Waals surface area contributed by atoms with Crippen LogP contribution in [0.4, 0.5) is 0 Å². The number of nitrogens with one attached hydrogen (secondary N) is 3. The highest BCUT2D eigenvalue weighted by molar-refractivity contribution is 5.94. The highest BCUT2D eigenvalue weighted by Crippen LogP contribution is 2.32. The molecular weight excluding hydrogens is 411 g/mol. The van der Waals surface area contributed by atoms with Crippen LogP contribution in [0.25, 0.3) is 0 Å². The molecule has 0 aliphatic carbocycles. The van der Waals surface area contributed by atoms with Gasteiger partial charge in [-0.1, -0.05) is 12.1 Å². The van der Waals surface area contributed by atoms with Crippen molar-refractivity contribution in [3.63, 3.8) is 0 Å². The minimum atomic E-state index is -0.0739. The van der Waals surface area contributed by atoms with Gasteiger partial charge in [0.2, 0.25) is 5.91 Å². The van der Waals surface area contributed by atoms with Crippen LogP contribution in [0.5, 0.6) is 0 Å². The number of halogens is 2. The monoisotopic (exact) mass is 444 g/mol. The third-order valence-electron chi connectivity index (χ3n) is 5.57. The van der Waals surface area contributed by atoms with Crippen molar-refractivity contribution < 1.29 is 9.59 Å². The van der Waals surface area contributed by atoms with Crippen LogP contribution in [0.15, 0.2) is 24.3 Å². The number of carbonyl (C=O) groups is 2. The smallest absolute Gasteiger partial charge is 0.251 e. The quantitative estimate of drug-likeness (QED) is 0.575. The van der Waals surface area contributed by atoms with Gasteiger partial charge in [-0.25, -0.2) is 0 Å². The number of benzene rings is 1. The molecule has 1 aromatic carbocycles. The highest BCUT2D eigenvalue weighted by atomic mass is 35.5. The Labute approximate surface area is 186 Å². The maximum Gasteiger partial charge on any atom is 0.251 e. The summed E-state index contributed by atoms with van der Waals surface area (Å²) in [4.78, 5) is 26.6. The van der Waals surface area contributed by atoms with Crippen molar-refractivity contribution >= 4 is 36.6 Å². The van der Waals surface area contributed by atoms with Gasteiger partial charge in [0.1, 0.15) is 0 Å². The first-order valence-corrected chi connectivity index (χ1v) is 10.0. The van der Waals surface area contributed by atoms with E-state index in [-0.39, 0.29) is 36.6 Å². The van der Waals surface area contributed by atoms with Crippen LogP contribution in [0.2, 0.25) is 0 Å². The molecule has 2 fully saturated rings. The van der Waals surface area contributed by atoms with Crippen molar-refractivity contribution in [3.05, 3.63) is 35.4 Å².